The summed E-state index contributed by atoms with van der Waals surface area (Å²) in [5.41, 5.74) is 2.06. The average molecular weight is 258 g/mol. The lowest BCUT2D eigenvalue weighted by Gasteiger charge is -2.13. The molecule has 0 heterocycles. The van der Waals surface area contributed by atoms with Crippen molar-refractivity contribution in [2.45, 2.75) is 26.9 Å². The topological polar surface area (TPSA) is 41.5 Å². The molecular formula is C13H20ClNO2. The van der Waals surface area contributed by atoms with Crippen molar-refractivity contribution in [2.24, 2.45) is 0 Å². The van der Waals surface area contributed by atoms with Crippen LogP contribution in [0, 0.1) is 13.8 Å². The Labute approximate surface area is 108 Å². The molecule has 0 bridgehead atoms. The first kappa shape index (κ1) is 14.3. The van der Waals surface area contributed by atoms with E-state index < -0.39 is 0 Å². The molecule has 0 spiro atoms. The highest BCUT2D eigenvalue weighted by molar-refractivity contribution is 6.32. The van der Waals surface area contributed by atoms with E-state index in [-0.39, 0.29) is 6.10 Å². The average Bonchev–Trinajstić information content (AvgIpc) is 2.27. The monoisotopic (exact) mass is 257 g/mol. The second-order valence-corrected chi connectivity index (χ2v) is 4.62. The van der Waals surface area contributed by atoms with Crippen LogP contribution in [0.3, 0.4) is 0 Å². The summed E-state index contributed by atoms with van der Waals surface area (Å²) in [6.07, 6.45) is -0.334. The minimum Gasteiger partial charge on any atom is -0.490 e. The highest BCUT2D eigenvalue weighted by atomic mass is 35.5. The van der Waals surface area contributed by atoms with Crippen LogP contribution < -0.4 is 10.1 Å². The fraction of sp³-hybridized carbons (Fsp3) is 0.538. The third-order valence-electron chi connectivity index (χ3n) is 2.45. The number of aryl methyl sites for hydroxylation is 2. The smallest absolute Gasteiger partial charge is 0.141 e. The maximum Gasteiger partial charge on any atom is 0.141 e. The number of halogens is 1. The summed E-state index contributed by atoms with van der Waals surface area (Å²) >= 11 is 6.18. The van der Waals surface area contributed by atoms with Crippen molar-refractivity contribution >= 4 is 11.6 Å². The Kier molecular flexibility index (Phi) is 5.75. The molecule has 0 aromatic heterocycles. The predicted octanol–water partition coefficient (Wildman–Crippen LogP) is 2.31. The van der Waals surface area contributed by atoms with E-state index in [2.05, 4.69) is 5.32 Å². The summed E-state index contributed by atoms with van der Waals surface area (Å²) in [5.74, 6) is 0.755. The SMILES string of the molecule is Cc1ccc(C)c(OCCNC[C@@H](C)O)c1Cl. The lowest BCUT2D eigenvalue weighted by atomic mass is 10.1. The molecule has 1 aromatic carbocycles. The van der Waals surface area contributed by atoms with Gasteiger partial charge in [-0.2, -0.15) is 0 Å². The molecule has 1 atom stereocenters. The molecule has 17 heavy (non-hydrogen) atoms. The molecule has 4 heteroatoms. The molecule has 3 nitrogen and oxygen atoms in total. The number of ether oxygens (including phenoxy) is 1. The zero-order valence-electron chi connectivity index (χ0n) is 10.6. The third kappa shape index (κ3) is 4.54. The Morgan fingerprint density at radius 1 is 1.35 bits per heavy atom. The van der Waals surface area contributed by atoms with Crippen molar-refractivity contribution in [1.29, 1.82) is 0 Å². The zero-order valence-corrected chi connectivity index (χ0v) is 11.3. The summed E-state index contributed by atoms with van der Waals surface area (Å²) in [5, 5.41) is 12.8. The number of aliphatic hydroxyl groups is 1. The van der Waals surface area contributed by atoms with Gasteiger partial charge in [-0.3, -0.25) is 0 Å². The van der Waals surface area contributed by atoms with Crippen LogP contribution in [-0.2, 0) is 0 Å². The summed E-state index contributed by atoms with van der Waals surface area (Å²) in [6.45, 7) is 7.48. The highest BCUT2D eigenvalue weighted by Gasteiger charge is 2.07. The number of nitrogens with one attached hydrogen (secondary N) is 1. The first-order chi connectivity index (χ1) is 8.02. The quantitative estimate of drug-likeness (QED) is 0.769. The molecule has 1 aromatic rings. The van der Waals surface area contributed by atoms with Crippen LogP contribution in [0.15, 0.2) is 12.1 Å². The van der Waals surface area contributed by atoms with Crippen molar-refractivity contribution in [3.8, 4) is 5.75 Å². The van der Waals surface area contributed by atoms with Crippen molar-refractivity contribution in [3.05, 3.63) is 28.3 Å². The van der Waals surface area contributed by atoms with Crippen molar-refractivity contribution in [3.63, 3.8) is 0 Å². The van der Waals surface area contributed by atoms with Gasteiger partial charge in [-0.1, -0.05) is 23.7 Å². The molecule has 0 unspecified atom stereocenters. The van der Waals surface area contributed by atoms with E-state index in [9.17, 15) is 0 Å². The molecule has 0 amide bonds. The van der Waals surface area contributed by atoms with E-state index in [1.807, 2.05) is 26.0 Å². The van der Waals surface area contributed by atoms with Gasteiger partial charge < -0.3 is 15.2 Å². The van der Waals surface area contributed by atoms with Crippen LogP contribution in [-0.4, -0.2) is 30.9 Å². The molecule has 2 N–H and O–H groups in total. The maximum absolute atomic E-state index is 9.07. The second kappa shape index (κ2) is 6.84. The van der Waals surface area contributed by atoms with Gasteiger partial charge in [-0.05, 0) is 31.9 Å². The van der Waals surface area contributed by atoms with Crippen molar-refractivity contribution in [2.75, 3.05) is 19.7 Å². The number of rotatable bonds is 6. The van der Waals surface area contributed by atoms with Crippen molar-refractivity contribution < 1.29 is 9.84 Å². The van der Waals surface area contributed by atoms with Gasteiger partial charge in [-0.25, -0.2) is 0 Å². The number of hydrogen-bond donors (Lipinski definition) is 2. The molecule has 0 fully saturated rings. The van der Waals surface area contributed by atoms with Gasteiger partial charge in [0, 0.05) is 13.1 Å². The summed E-state index contributed by atoms with van der Waals surface area (Å²) in [7, 11) is 0. The van der Waals surface area contributed by atoms with Gasteiger partial charge >= 0.3 is 0 Å². The maximum atomic E-state index is 9.07. The van der Waals surface area contributed by atoms with Gasteiger partial charge in [0.2, 0.25) is 0 Å². The molecular weight excluding hydrogens is 238 g/mol. The Bertz CT molecular complexity index is 367. The van der Waals surface area contributed by atoms with E-state index in [1.165, 1.54) is 0 Å². The summed E-state index contributed by atoms with van der Waals surface area (Å²) in [6, 6.07) is 3.98. The molecule has 0 aliphatic heterocycles. The van der Waals surface area contributed by atoms with Gasteiger partial charge in [0.15, 0.2) is 0 Å². The number of benzene rings is 1. The van der Waals surface area contributed by atoms with Gasteiger partial charge in [0.25, 0.3) is 0 Å². The molecule has 96 valence electrons. The zero-order chi connectivity index (χ0) is 12.8. The minimum absolute atomic E-state index is 0.334. The summed E-state index contributed by atoms with van der Waals surface area (Å²) < 4.78 is 5.65. The Hall–Kier alpha value is -0.770. The Balaban J connectivity index is 2.44. The van der Waals surface area contributed by atoms with Gasteiger partial charge in [-0.15, -0.1) is 0 Å². The normalized spacial score (nSPS) is 12.5. The van der Waals surface area contributed by atoms with Crippen LogP contribution in [0.2, 0.25) is 5.02 Å². The fourth-order valence-corrected chi connectivity index (χ4v) is 1.73. The first-order valence-electron chi connectivity index (χ1n) is 5.79. The van der Waals surface area contributed by atoms with Crippen LogP contribution in [0.1, 0.15) is 18.1 Å². The van der Waals surface area contributed by atoms with Crippen LogP contribution >= 0.6 is 11.6 Å². The standard InChI is InChI=1S/C13H20ClNO2/c1-9-4-5-10(2)13(12(9)14)17-7-6-15-8-11(3)16/h4-5,11,15-16H,6-8H2,1-3H3/t11-/m1/s1. The van der Waals surface area contributed by atoms with E-state index in [1.54, 1.807) is 6.92 Å². The molecule has 0 aliphatic carbocycles. The second-order valence-electron chi connectivity index (χ2n) is 4.24. The lowest BCUT2D eigenvalue weighted by molar-refractivity contribution is 0.188. The Morgan fingerprint density at radius 3 is 2.65 bits per heavy atom. The Morgan fingerprint density at radius 2 is 2.00 bits per heavy atom. The molecule has 1 rings (SSSR count). The van der Waals surface area contributed by atoms with E-state index in [0.717, 1.165) is 16.9 Å². The van der Waals surface area contributed by atoms with E-state index >= 15 is 0 Å². The van der Waals surface area contributed by atoms with Gasteiger partial charge in [0.1, 0.15) is 12.4 Å². The molecule has 0 saturated heterocycles. The number of hydrogen-bond acceptors (Lipinski definition) is 3. The van der Waals surface area contributed by atoms with Crippen molar-refractivity contribution in [1.82, 2.24) is 5.32 Å². The predicted molar refractivity (Wildman–Crippen MR) is 71.0 cm³/mol. The third-order valence-corrected chi connectivity index (χ3v) is 2.92. The van der Waals surface area contributed by atoms with Crippen LogP contribution in [0.4, 0.5) is 0 Å². The van der Waals surface area contributed by atoms with Crippen LogP contribution in [0.5, 0.6) is 5.75 Å². The minimum atomic E-state index is -0.334. The molecule has 0 radical (unpaired) electrons. The molecule has 0 saturated carbocycles. The van der Waals surface area contributed by atoms with Crippen LogP contribution in [0.25, 0.3) is 0 Å². The first-order valence-corrected chi connectivity index (χ1v) is 6.17. The highest BCUT2D eigenvalue weighted by Crippen LogP contribution is 2.31. The summed E-state index contributed by atoms with van der Waals surface area (Å²) in [4.78, 5) is 0. The largest absolute Gasteiger partial charge is 0.490 e. The van der Waals surface area contributed by atoms with E-state index in [4.69, 9.17) is 21.4 Å². The lowest BCUT2D eigenvalue weighted by Crippen LogP contribution is -2.28. The number of aliphatic hydroxyl groups excluding tert-OH is 1. The fourth-order valence-electron chi connectivity index (χ4n) is 1.46. The van der Waals surface area contributed by atoms with Gasteiger partial charge in [0.05, 0.1) is 11.1 Å². The van der Waals surface area contributed by atoms with E-state index in [0.29, 0.717) is 24.7 Å². The molecule has 0 aliphatic rings.